The molecule has 1 saturated heterocycles. The van der Waals surface area contributed by atoms with Crippen molar-refractivity contribution in [3.63, 3.8) is 0 Å². The van der Waals surface area contributed by atoms with Gasteiger partial charge in [-0.3, -0.25) is 14.8 Å². The number of primary sulfonamides is 1. The van der Waals surface area contributed by atoms with E-state index >= 15 is 0 Å². The van der Waals surface area contributed by atoms with Crippen molar-refractivity contribution in [2.24, 2.45) is 5.14 Å². The van der Waals surface area contributed by atoms with Crippen LogP contribution in [0, 0.1) is 10.1 Å². The molecule has 1 aromatic heterocycles. The van der Waals surface area contributed by atoms with Gasteiger partial charge in [0.15, 0.2) is 0 Å². The number of hydrogen-bond acceptors (Lipinski definition) is 7. The predicted molar refractivity (Wildman–Crippen MR) is 103 cm³/mol. The van der Waals surface area contributed by atoms with Gasteiger partial charge in [-0.05, 0) is 26.8 Å². The second kappa shape index (κ2) is 7.12. The number of carbonyl (C=O) groups excluding carboxylic acids is 1. The lowest BCUT2D eigenvalue weighted by atomic mass is 10.1. The lowest BCUT2D eigenvalue weighted by Gasteiger charge is -2.39. The van der Waals surface area contributed by atoms with E-state index in [9.17, 15) is 23.3 Å². The van der Waals surface area contributed by atoms with Gasteiger partial charge in [0, 0.05) is 42.5 Å². The van der Waals surface area contributed by atoms with Gasteiger partial charge in [0.1, 0.15) is 5.60 Å². The van der Waals surface area contributed by atoms with Crippen molar-refractivity contribution >= 4 is 21.8 Å². The molecule has 156 valence electrons. The number of nitro groups is 1. The van der Waals surface area contributed by atoms with E-state index in [1.807, 2.05) is 0 Å². The first-order valence-corrected chi connectivity index (χ1v) is 10.2. The zero-order valence-corrected chi connectivity index (χ0v) is 16.9. The van der Waals surface area contributed by atoms with Crippen LogP contribution in [-0.4, -0.2) is 52.8 Å². The summed E-state index contributed by atoms with van der Waals surface area (Å²) in [5.41, 5.74) is -0.300. The summed E-state index contributed by atoms with van der Waals surface area (Å²) in [6, 6.07) is 3.37. The highest BCUT2D eigenvalue weighted by atomic mass is 32.2. The maximum absolute atomic E-state index is 12.0. The monoisotopic (exact) mass is 423 g/mol. The van der Waals surface area contributed by atoms with E-state index in [-0.39, 0.29) is 22.2 Å². The highest BCUT2D eigenvalue weighted by Gasteiger charge is 2.35. The molecule has 1 amide bonds. The van der Waals surface area contributed by atoms with Crippen molar-refractivity contribution in [1.29, 1.82) is 0 Å². The number of carbonyl (C=O) groups is 1. The summed E-state index contributed by atoms with van der Waals surface area (Å²) < 4.78 is 30.7. The third kappa shape index (κ3) is 4.54. The molecule has 2 N–H and O–H groups in total. The maximum atomic E-state index is 12.0. The zero-order valence-electron chi connectivity index (χ0n) is 16.1. The minimum absolute atomic E-state index is 0.0905. The molecule has 0 atom stereocenters. The van der Waals surface area contributed by atoms with E-state index in [0.717, 1.165) is 6.07 Å². The predicted octanol–water partition coefficient (Wildman–Crippen LogP) is 1.90. The van der Waals surface area contributed by atoms with Gasteiger partial charge < -0.3 is 9.64 Å². The van der Waals surface area contributed by atoms with Crippen molar-refractivity contribution in [2.45, 2.75) is 37.3 Å². The molecule has 11 nitrogen and oxygen atoms in total. The highest BCUT2D eigenvalue weighted by Crippen LogP contribution is 2.31. The summed E-state index contributed by atoms with van der Waals surface area (Å²) in [7, 11) is -4.19. The molecule has 2 aromatic rings. The van der Waals surface area contributed by atoms with Crippen LogP contribution in [0.1, 0.15) is 26.8 Å². The third-order valence-corrected chi connectivity index (χ3v) is 5.23. The number of sulfonamides is 1. The molecule has 0 bridgehead atoms. The van der Waals surface area contributed by atoms with Gasteiger partial charge in [-0.2, -0.15) is 5.10 Å². The van der Waals surface area contributed by atoms with Crippen molar-refractivity contribution < 1.29 is 22.9 Å². The van der Waals surface area contributed by atoms with E-state index < -0.39 is 26.6 Å². The number of benzene rings is 1. The Morgan fingerprint density at radius 3 is 2.55 bits per heavy atom. The zero-order chi connectivity index (χ0) is 21.6. The molecule has 0 spiro atoms. The first-order valence-electron chi connectivity index (χ1n) is 8.69. The number of nitrogens with two attached hydrogens (primary N) is 1. The van der Waals surface area contributed by atoms with Gasteiger partial charge in [-0.15, -0.1) is 0 Å². The largest absolute Gasteiger partial charge is 0.444 e. The number of nitrogens with zero attached hydrogens (tertiary/aromatic N) is 4. The van der Waals surface area contributed by atoms with E-state index in [1.54, 1.807) is 36.5 Å². The lowest BCUT2D eigenvalue weighted by Crippen LogP contribution is -2.52. The SMILES string of the molecule is CC(C)(C)OC(=O)N1CC(n2cc(-c3ccc([N+](=O)[O-])cc3S(N)(=O)=O)cn2)C1. The Morgan fingerprint density at radius 1 is 1.34 bits per heavy atom. The Bertz CT molecular complexity index is 1070. The number of amides is 1. The van der Waals surface area contributed by atoms with Gasteiger partial charge in [0.25, 0.3) is 5.69 Å². The van der Waals surface area contributed by atoms with Gasteiger partial charge in [-0.25, -0.2) is 18.4 Å². The lowest BCUT2D eigenvalue weighted by molar-refractivity contribution is -0.385. The molecule has 1 aliphatic heterocycles. The maximum Gasteiger partial charge on any atom is 0.410 e. The van der Waals surface area contributed by atoms with Gasteiger partial charge in [-0.1, -0.05) is 0 Å². The molecular weight excluding hydrogens is 402 g/mol. The summed E-state index contributed by atoms with van der Waals surface area (Å²) in [6.45, 7) is 6.16. The molecule has 3 rings (SSSR count). The van der Waals surface area contributed by atoms with Gasteiger partial charge in [0.05, 0.1) is 22.1 Å². The molecule has 1 aliphatic rings. The van der Waals surface area contributed by atoms with Crippen molar-refractivity contribution in [3.8, 4) is 11.1 Å². The van der Waals surface area contributed by atoms with E-state index in [0.29, 0.717) is 18.7 Å². The first-order chi connectivity index (χ1) is 13.3. The summed E-state index contributed by atoms with van der Waals surface area (Å²) >= 11 is 0. The van der Waals surface area contributed by atoms with Crippen LogP contribution >= 0.6 is 0 Å². The average molecular weight is 423 g/mol. The minimum atomic E-state index is -4.19. The first kappa shape index (κ1) is 20.7. The molecule has 0 saturated carbocycles. The fourth-order valence-electron chi connectivity index (χ4n) is 2.87. The fraction of sp³-hybridized carbons (Fsp3) is 0.412. The molecule has 2 heterocycles. The number of likely N-dealkylation sites (tertiary alicyclic amines) is 1. The van der Waals surface area contributed by atoms with Crippen LogP contribution in [0.25, 0.3) is 11.1 Å². The minimum Gasteiger partial charge on any atom is -0.444 e. The van der Waals surface area contributed by atoms with E-state index in [1.165, 1.54) is 18.3 Å². The topological polar surface area (TPSA) is 151 Å². The van der Waals surface area contributed by atoms with Gasteiger partial charge >= 0.3 is 6.09 Å². The Hall–Kier alpha value is -2.99. The molecule has 0 radical (unpaired) electrons. The molecule has 1 fully saturated rings. The molecule has 29 heavy (non-hydrogen) atoms. The second-order valence-electron chi connectivity index (χ2n) is 7.73. The highest BCUT2D eigenvalue weighted by molar-refractivity contribution is 7.89. The molecule has 12 heteroatoms. The Labute approximate surface area is 167 Å². The van der Waals surface area contributed by atoms with Crippen molar-refractivity contribution in [2.75, 3.05) is 13.1 Å². The van der Waals surface area contributed by atoms with Crippen LogP contribution < -0.4 is 5.14 Å². The number of non-ortho nitro benzene ring substituents is 1. The number of nitro benzene ring substituents is 1. The standard InChI is InChI=1S/C17H21N5O6S/c1-17(2,3)28-16(23)20-9-13(10-20)21-8-11(7-19-21)14-5-4-12(22(24)25)6-15(14)29(18,26)27/h4-8,13H,9-10H2,1-3H3,(H2,18,26,27). The van der Waals surface area contributed by atoms with Crippen LogP contribution in [0.3, 0.4) is 0 Å². The average Bonchev–Trinajstić information content (AvgIpc) is 2.99. The number of ether oxygens (including phenoxy) is 1. The summed E-state index contributed by atoms with van der Waals surface area (Å²) in [4.78, 5) is 23.5. The third-order valence-electron chi connectivity index (χ3n) is 4.28. The van der Waals surface area contributed by atoms with Crippen LogP contribution in [0.4, 0.5) is 10.5 Å². The molecule has 0 unspecified atom stereocenters. The summed E-state index contributed by atoms with van der Waals surface area (Å²) in [5, 5.41) is 20.4. The molecule has 1 aromatic carbocycles. The Kier molecular flexibility index (Phi) is 5.09. The second-order valence-corrected chi connectivity index (χ2v) is 9.26. The fourth-order valence-corrected chi connectivity index (χ4v) is 3.65. The van der Waals surface area contributed by atoms with E-state index in [4.69, 9.17) is 9.88 Å². The number of rotatable bonds is 4. The smallest absolute Gasteiger partial charge is 0.410 e. The number of aromatic nitrogens is 2. The number of hydrogen-bond donors (Lipinski definition) is 1. The van der Waals surface area contributed by atoms with Crippen LogP contribution in [0.15, 0.2) is 35.5 Å². The van der Waals surface area contributed by atoms with Crippen LogP contribution in [0.5, 0.6) is 0 Å². The Balaban J connectivity index is 1.80. The van der Waals surface area contributed by atoms with Crippen LogP contribution in [0.2, 0.25) is 0 Å². The van der Waals surface area contributed by atoms with Gasteiger partial charge in [0.2, 0.25) is 10.0 Å². The van der Waals surface area contributed by atoms with Crippen molar-refractivity contribution in [3.05, 3.63) is 40.7 Å². The van der Waals surface area contributed by atoms with Crippen molar-refractivity contribution in [1.82, 2.24) is 14.7 Å². The quantitative estimate of drug-likeness (QED) is 0.582. The van der Waals surface area contributed by atoms with Crippen LogP contribution in [-0.2, 0) is 14.8 Å². The normalized spacial score (nSPS) is 15.1. The molecular formula is C17H21N5O6S. The van der Waals surface area contributed by atoms with E-state index in [2.05, 4.69) is 5.10 Å². The summed E-state index contributed by atoms with van der Waals surface area (Å²) in [6.07, 6.45) is 2.66. The molecule has 0 aliphatic carbocycles. The Morgan fingerprint density at radius 2 is 2.00 bits per heavy atom. The summed E-state index contributed by atoms with van der Waals surface area (Å²) in [5.74, 6) is 0.